The van der Waals surface area contributed by atoms with Crippen molar-refractivity contribution in [2.45, 2.75) is 51.5 Å². The highest BCUT2D eigenvalue weighted by Gasteiger charge is 2.15. The van der Waals surface area contributed by atoms with Crippen molar-refractivity contribution in [1.29, 1.82) is 5.26 Å². The Labute approximate surface area is 99.8 Å². The lowest BCUT2D eigenvalue weighted by Gasteiger charge is -2.29. The second-order valence-corrected chi connectivity index (χ2v) is 4.66. The van der Waals surface area contributed by atoms with Crippen molar-refractivity contribution in [2.24, 2.45) is 0 Å². The number of piperidine rings is 1. The van der Waals surface area contributed by atoms with Crippen LogP contribution in [0.5, 0.6) is 0 Å². The first-order valence-corrected chi connectivity index (χ1v) is 6.69. The number of rotatable bonds is 7. The standard InChI is InChI=1S/C13H25N3/c1-2-16(11-7-3-5-9-14)12-13-8-4-6-10-15-13/h13,15H,2-8,10-12H2,1H3. The number of hydrogen-bond acceptors (Lipinski definition) is 3. The van der Waals surface area contributed by atoms with Crippen LogP contribution in [-0.2, 0) is 0 Å². The first-order valence-electron chi connectivity index (χ1n) is 6.69. The number of unbranched alkanes of at least 4 members (excludes halogenated alkanes) is 2. The zero-order valence-electron chi connectivity index (χ0n) is 10.5. The average Bonchev–Trinajstić information content (AvgIpc) is 2.34. The molecule has 1 aliphatic heterocycles. The summed E-state index contributed by atoms with van der Waals surface area (Å²) in [6, 6.07) is 2.91. The van der Waals surface area contributed by atoms with Crippen LogP contribution in [-0.4, -0.2) is 37.1 Å². The number of likely N-dealkylation sites (N-methyl/N-ethyl adjacent to an activating group) is 1. The second-order valence-electron chi connectivity index (χ2n) is 4.66. The highest BCUT2D eigenvalue weighted by molar-refractivity contribution is 4.76. The van der Waals surface area contributed by atoms with Gasteiger partial charge in [0.2, 0.25) is 0 Å². The van der Waals surface area contributed by atoms with Crippen LogP contribution in [0.1, 0.15) is 45.4 Å². The maximum absolute atomic E-state index is 8.48. The molecule has 0 aliphatic carbocycles. The van der Waals surface area contributed by atoms with Gasteiger partial charge in [0.15, 0.2) is 0 Å². The van der Waals surface area contributed by atoms with Gasteiger partial charge in [-0.25, -0.2) is 0 Å². The van der Waals surface area contributed by atoms with Crippen molar-refractivity contribution in [1.82, 2.24) is 10.2 Å². The molecule has 3 heteroatoms. The zero-order valence-corrected chi connectivity index (χ0v) is 10.5. The maximum Gasteiger partial charge on any atom is 0.0621 e. The molecule has 0 bridgehead atoms. The van der Waals surface area contributed by atoms with Gasteiger partial charge in [-0.2, -0.15) is 5.26 Å². The molecule has 3 nitrogen and oxygen atoms in total. The normalized spacial score (nSPS) is 20.9. The average molecular weight is 223 g/mol. The summed E-state index contributed by atoms with van der Waals surface area (Å²) < 4.78 is 0. The number of nitriles is 1. The Morgan fingerprint density at radius 2 is 2.25 bits per heavy atom. The molecule has 0 aromatic heterocycles. The highest BCUT2D eigenvalue weighted by atomic mass is 15.1. The molecule has 1 atom stereocenters. The van der Waals surface area contributed by atoms with E-state index < -0.39 is 0 Å². The van der Waals surface area contributed by atoms with E-state index in [9.17, 15) is 0 Å². The molecule has 0 spiro atoms. The summed E-state index contributed by atoms with van der Waals surface area (Å²) in [5, 5.41) is 12.1. The second kappa shape index (κ2) is 8.55. The molecule has 0 aromatic rings. The van der Waals surface area contributed by atoms with Gasteiger partial charge in [-0.05, 0) is 45.3 Å². The van der Waals surface area contributed by atoms with Crippen LogP contribution in [0.15, 0.2) is 0 Å². The van der Waals surface area contributed by atoms with Crippen molar-refractivity contribution < 1.29 is 0 Å². The lowest BCUT2D eigenvalue weighted by molar-refractivity contribution is 0.230. The highest BCUT2D eigenvalue weighted by Crippen LogP contribution is 2.09. The minimum atomic E-state index is 0.699. The van der Waals surface area contributed by atoms with Crippen molar-refractivity contribution >= 4 is 0 Å². The van der Waals surface area contributed by atoms with Gasteiger partial charge in [0.05, 0.1) is 6.07 Å². The Morgan fingerprint density at radius 1 is 1.38 bits per heavy atom. The minimum absolute atomic E-state index is 0.699. The summed E-state index contributed by atoms with van der Waals surface area (Å²) in [6.07, 6.45) is 6.96. The minimum Gasteiger partial charge on any atom is -0.313 e. The summed E-state index contributed by atoms with van der Waals surface area (Å²) in [6.45, 7) is 6.88. The summed E-state index contributed by atoms with van der Waals surface area (Å²) in [5.41, 5.74) is 0. The van der Waals surface area contributed by atoms with Crippen LogP contribution in [0.25, 0.3) is 0 Å². The largest absolute Gasteiger partial charge is 0.313 e. The maximum atomic E-state index is 8.48. The first-order chi connectivity index (χ1) is 7.86. The predicted molar refractivity (Wildman–Crippen MR) is 67.2 cm³/mol. The first kappa shape index (κ1) is 13.5. The molecule has 1 N–H and O–H groups in total. The van der Waals surface area contributed by atoms with Gasteiger partial charge in [-0.15, -0.1) is 0 Å². The molecule has 0 aromatic carbocycles. The van der Waals surface area contributed by atoms with Gasteiger partial charge >= 0.3 is 0 Å². The Morgan fingerprint density at radius 3 is 2.88 bits per heavy atom. The molecule has 0 amide bonds. The van der Waals surface area contributed by atoms with Crippen LogP contribution >= 0.6 is 0 Å². The van der Waals surface area contributed by atoms with Crippen LogP contribution in [0.2, 0.25) is 0 Å². The number of nitrogens with one attached hydrogen (secondary N) is 1. The van der Waals surface area contributed by atoms with E-state index in [-0.39, 0.29) is 0 Å². The van der Waals surface area contributed by atoms with E-state index in [2.05, 4.69) is 23.2 Å². The lowest BCUT2D eigenvalue weighted by Crippen LogP contribution is -2.43. The van der Waals surface area contributed by atoms with Gasteiger partial charge in [-0.1, -0.05) is 13.3 Å². The van der Waals surface area contributed by atoms with Gasteiger partial charge < -0.3 is 10.2 Å². The Bertz CT molecular complexity index is 204. The van der Waals surface area contributed by atoms with Crippen LogP contribution in [0.4, 0.5) is 0 Å². The Kier molecular flexibility index (Phi) is 7.20. The van der Waals surface area contributed by atoms with E-state index in [1.807, 2.05) is 0 Å². The fourth-order valence-electron chi connectivity index (χ4n) is 2.31. The van der Waals surface area contributed by atoms with Gasteiger partial charge in [0.1, 0.15) is 0 Å². The van der Waals surface area contributed by atoms with Crippen LogP contribution < -0.4 is 5.32 Å². The summed E-state index contributed by atoms with van der Waals surface area (Å²) >= 11 is 0. The van der Waals surface area contributed by atoms with Crippen molar-refractivity contribution in [3.8, 4) is 6.07 Å². The van der Waals surface area contributed by atoms with Gasteiger partial charge in [0, 0.05) is 19.0 Å². The molecule has 1 rings (SSSR count). The fraction of sp³-hybridized carbons (Fsp3) is 0.923. The summed E-state index contributed by atoms with van der Waals surface area (Å²) in [7, 11) is 0. The monoisotopic (exact) mass is 223 g/mol. The van der Waals surface area contributed by atoms with E-state index in [0.29, 0.717) is 12.5 Å². The van der Waals surface area contributed by atoms with E-state index in [1.54, 1.807) is 0 Å². The molecule has 1 heterocycles. The van der Waals surface area contributed by atoms with Crippen LogP contribution in [0.3, 0.4) is 0 Å². The molecule has 16 heavy (non-hydrogen) atoms. The fourth-order valence-corrected chi connectivity index (χ4v) is 2.31. The smallest absolute Gasteiger partial charge is 0.0621 e. The Balaban J connectivity index is 2.12. The molecule has 92 valence electrons. The van der Waals surface area contributed by atoms with Gasteiger partial charge in [0.25, 0.3) is 0 Å². The summed E-state index contributed by atoms with van der Waals surface area (Å²) in [5.74, 6) is 0. The molecular formula is C13H25N3. The summed E-state index contributed by atoms with van der Waals surface area (Å²) in [4.78, 5) is 2.51. The van der Waals surface area contributed by atoms with Crippen molar-refractivity contribution in [2.75, 3.05) is 26.2 Å². The molecule has 1 unspecified atom stereocenters. The number of hydrogen-bond donors (Lipinski definition) is 1. The quantitative estimate of drug-likeness (QED) is 0.672. The van der Waals surface area contributed by atoms with E-state index in [0.717, 1.165) is 25.9 Å². The predicted octanol–water partition coefficient (Wildman–Crippen LogP) is 2.14. The molecule has 0 saturated carbocycles. The third-order valence-electron chi connectivity index (χ3n) is 3.35. The Hall–Kier alpha value is -0.590. The molecule has 1 fully saturated rings. The lowest BCUT2D eigenvalue weighted by atomic mass is 10.0. The van der Waals surface area contributed by atoms with Crippen molar-refractivity contribution in [3.05, 3.63) is 0 Å². The topological polar surface area (TPSA) is 39.1 Å². The third-order valence-corrected chi connectivity index (χ3v) is 3.35. The van der Waals surface area contributed by atoms with E-state index in [1.165, 1.54) is 32.4 Å². The van der Waals surface area contributed by atoms with Gasteiger partial charge in [-0.3, -0.25) is 0 Å². The molecule has 0 radical (unpaired) electrons. The SMILES string of the molecule is CCN(CCCCC#N)CC1CCCCN1. The van der Waals surface area contributed by atoms with E-state index >= 15 is 0 Å². The van der Waals surface area contributed by atoms with Crippen molar-refractivity contribution in [3.63, 3.8) is 0 Å². The van der Waals surface area contributed by atoms with E-state index in [4.69, 9.17) is 5.26 Å². The molecule has 1 saturated heterocycles. The third kappa shape index (κ3) is 5.48. The molecular weight excluding hydrogens is 198 g/mol. The number of nitrogens with zero attached hydrogens (tertiary/aromatic N) is 2. The van der Waals surface area contributed by atoms with Crippen LogP contribution in [0, 0.1) is 11.3 Å². The molecule has 1 aliphatic rings. The zero-order chi connectivity index (χ0) is 11.6.